The summed E-state index contributed by atoms with van der Waals surface area (Å²) in [5.41, 5.74) is 21.6. The number of unbranched alkanes of at least 4 members (excludes halogenated alkanes) is 5. The molecule has 0 radical (unpaired) electrons. The van der Waals surface area contributed by atoms with Crippen LogP contribution in [0.3, 0.4) is 0 Å². The Labute approximate surface area is 252 Å². The van der Waals surface area contributed by atoms with Gasteiger partial charge in [-0.2, -0.15) is 0 Å². The van der Waals surface area contributed by atoms with Crippen LogP contribution in [0.25, 0.3) is 16.9 Å². The summed E-state index contributed by atoms with van der Waals surface area (Å²) in [6, 6.07) is 17.8. The molecule has 0 spiro atoms. The molecular formula is C33H46Br2N2Ni. The van der Waals surface area contributed by atoms with Crippen molar-refractivity contribution in [3.05, 3.63) is 87.5 Å². The summed E-state index contributed by atoms with van der Waals surface area (Å²) in [7, 11) is 1.25. The van der Waals surface area contributed by atoms with Crippen molar-refractivity contribution < 1.29 is 15.6 Å². The van der Waals surface area contributed by atoms with E-state index in [-0.39, 0.29) is 0 Å². The van der Waals surface area contributed by atoms with Crippen molar-refractivity contribution in [3.8, 4) is 0 Å². The van der Waals surface area contributed by atoms with E-state index in [0.717, 1.165) is 67.5 Å². The minimum absolute atomic E-state index is 1.01. The van der Waals surface area contributed by atoms with Gasteiger partial charge in [-0.25, -0.2) is 4.70 Å². The third-order valence-electron chi connectivity index (χ3n) is 7.21. The molecule has 0 saturated heterocycles. The first-order valence-corrected chi connectivity index (χ1v) is 19.4. The average Bonchev–Trinajstić information content (AvgIpc) is 3.21. The molecule has 0 atom stereocenters. The van der Waals surface area contributed by atoms with E-state index in [0.29, 0.717) is 0 Å². The summed E-state index contributed by atoms with van der Waals surface area (Å²) < 4.78 is 1.55. The van der Waals surface area contributed by atoms with Crippen LogP contribution in [0.4, 0.5) is 0 Å². The van der Waals surface area contributed by atoms with Crippen LogP contribution in [0.2, 0.25) is 0 Å². The molecular weight excluding hydrogens is 643 g/mol. The number of nitrogens with zero attached hydrogens (tertiary/aromatic N) is 2. The average molecular weight is 689 g/mol. The zero-order valence-corrected chi connectivity index (χ0v) is 27.9. The summed E-state index contributed by atoms with van der Waals surface area (Å²) in [6.07, 6.45) is 14.9. The fourth-order valence-electron chi connectivity index (χ4n) is 5.20. The molecule has 0 bridgehead atoms. The number of benzene rings is 2. The van der Waals surface area contributed by atoms with E-state index in [4.69, 9.17) is 0 Å². The zero-order valence-electron chi connectivity index (χ0n) is 23.8. The Balaban J connectivity index is 0.00000161. The van der Waals surface area contributed by atoms with Gasteiger partial charge in [0.25, 0.3) is 0 Å². The first-order chi connectivity index (χ1) is 18.6. The molecule has 0 amide bonds. The van der Waals surface area contributed by atoms with Crippen LogP contribution in [0.1, 0.15) is 121 Å². The predicted molar refractivity (Wildman–Crippen MR) is 169 cm³/mol. The predicted octanol–water partition coefficient (Wildman–Crippen LogP) is 12.0. The monoisotopic (exact) mass is 686 g/mol. The molecule has 2 nitrogen and oxygen atoms in total. The van der Waals surface area contributed by atoms with Crippen LogP contribution >= 0.6 is 28.5 Å². The molecule has 1 heterocycles. The molecule has 0 aliphatic carbocycles. The molecule has 5 heteroatoms. The van der Waals surface area contributed by atoms with Crippen molar-refractivity contribution in [2.75, 3.05) is 0 Å². The number of rotatable bonds is 15. The summed E-state index contributed by atoms with van der Waals surface area (Å²) in [4.78, 5) is 0. The Kier molecular flexibility index (Phi) is 16.7. The second kappa shape index (κ2) is 19.1. The van der Waals surface area contributed by atoms with E-state index in [1.165, 1.54) is 71.7 Å². The number of hydrogen-bond donors (Lipinski definition) is 0. The van der Waals surface area contributed by atoms with Gasteiger partial charge < -0.3 is 5.53 Å². The Hall–Kier alpha value is -1.03. The topological polar surface area (TPSA) is 25.3 Å². The minimum atomic E-state index is 1.01. The Morgan fingerprint density at radius 1 is 0.605 bits per heavy atom. The maximum atomic E-state index is 11.8. The van der Waals surface area contributed by atoms with E-state index in [9.17, 15) is 5.53 Å². The van der Waals surface area contributed by atoms with E-state index in [2.05, 4.69) is 105 Å². The normalized spacial score (nSPS) is 13.4. The van der Waals surface area contributed by atoms with Gasteiger partial charge in [0.1, 0.15) is 0 Å². The van der Waals surface area contributed by atoms with Gasteiger partial charge in [-0.15, -0.1) is 0 Å². The van der Waals surface area contributed by atoms with E-state index >= 15 is 0 Å². The molecule has 38 heavy (non-hydrogen) atoms. The van der Waals surface area contributed by atoms with Crippen LogP contribution in [0, 0.1) is 0 Å². The molecule has 0 fully saturated rings. The van der Waals surface area contributed by atoms with Crippen molar-refractivity contribution in [3.63, 3.8) is 0 Å². The van der Waals surface area contributed by atoms with E-state index in [1.54, 1.807) is 4.70 Å². The van der Waals surface area contributed by atoms with Crippen LogP contribution in [0.5, 0.6) is 0 Å². The second-order valence-corrected chi connectivity index (χ2v) is 15.2. The molecule has 2 aromatic carbocycles. The second-order valence-electron chi connectivity index (χ2n) is 10.2. The number of hydrogen-bond acceptors (Lipinski definition) is 0. The van der Waals surface area contributed by atoms with Crippen molar-refractivity contribution in [2.24, 2.45) is 0 Å². The van der Waals surface area contributed by atoms with E-state index < -0.39 is 0 Å². The van der Waals surface area contributed by atoms with Gasteiger partial charge in [0, 0.05) is 22.3 Å². The van der Waals surface area contributed by atoms with Gasteiger partial charge in [0.05, 0.1) is 0 Å². The standard InChI is InChI=1S/C33H46N2.2BrH.Ni/c1-5-9-13-23-31-30(22-12-8-4)32(28-20-14-18-26(24-28)16-10-6-2)35(34)33(31)29-21-15-19-27(25-29)17-11-7-3;;;/h14-15,18-21,24-25H,5-13,16-17,22-23H2,1-4H3;2*1H;/q;;;+2/p-2. The van der Waals surface area contributed by atoms with Crippen LogP contribution in [0.15, 0.2) is 59.7 Å². The third-order valence-corrected chi connectivity index (χ3v) is 7.21. The first kappa shape index (κ1) is 33.2. The van der Waals surface area contributed by atoms with Gasteiger partial charge in [-0.1, -0.05) is 84.1 Å². The van der Waals surface area contributed by atoms with Crippen molar-refractivity contribution in [2.45, 2.75) is 111 Å². The van der Waals surface area contributed by atoms with Gasteiger partial charge >= 0.3 is 39.3 Å². The quantitative estimate of drug-likeness (QED) is 0.101. The van der Waals surface area contributed by atoms with Gasteiger partial charge in [-0.3, -0.25) is 0 Å². The summed E-state index contributed by atoms with van der Waals surface area (Å²) in [5.74, 6) is 0. The Morgan fingerprint density at radius 2 is 1.00 bits per heavy atom. The SMILES string of the molecule is CCCCCC1=C(c2cccc(CCCC)c2)[N+](=[N-])C(c2cccc(CCCC)c2)=C1CCCC.[Br][Ni][Br]. The van der Waals surface area contributed by atoms with Gasteiger partial charge in [0.2, 0.25) is 11.4 Å². The zero-order chi connectivity index (χ0) is 27.8. The number of allylic oxidation sites excluding steroid dienone is 2. The van der Waals surface area contributed by atoms with Crippen LogP contribution in [-0.4, -0.2) is 4.70 Å². The van der Waals surface area contributed by atoms with Crippen molar-refractivity contribution in [1.82, 2.24) is 0 Å². The fraction of sp³-hybridized carbons (Fsp3) is 0.515. The van der Waals surface area contributed by atoms with Crippen LogP contribution < -0.4 is 0 Å². The summed E-state index contributed by atoms with van der Waals surface area (Å²) in [5, 5.41) is 0. The van der Waals surface area contributed by atoms with E-state index in [1.807, 2.05) is 0 Å². The Bertz CT molecular complexity index is 1070. The maximum absolute atomic E-state index is 11.8. The molecule has 0 unspecified atom stereocenters. The molecule has 0 aromatic heterocycles. The molecule has 212 valence electrons. The first-order valence-electron chi connectivity index (χ1n) is 14.5. The van der Waals surface area contributed by atoms with Gasteiger partial charge in [-0.05, 0) is 86.8 Å². The fourth-order valence-corrected chi connectivity index (χ4v) is 5.20. The molecule has 1 aliphatic rings. The summed E-state index contributed by atoms with van der Waals surface area (Å²) >= 11 is 6.00. The van der Waals surface area contributed by atoms with Crippen LogP contribution in [-0.2, 0) is 23.7 Å². The third kappa shape index (κ3) is 9.86. The molecule has 3 rings (SSSR count). The summed E-state index contributed by atoms with van der Waals surface area (Å²) in [6.45, 7) is 9.01. The molecule has 0 N–H and O–H groups in total. The number of halogens is 2. The van der Waals surface area contributed by atoms with Crippen molar-refractivity contribution in [1.29, 1.82) is 0 Å². The number of aryl methyl sites for hydroxylation is 2. The molecule has 2 aromatic rings. The molecule has 1 aliphatic heterocycles. The van der Waals surface area contributed by atoms with Crippen molar-refractivity contribution >= 4 is 39.8 Å². The molecule has 0 saturated carbocycles. The Morgan fingerprint density at radius 3 is 1.42 bits per heavy atom. The van der Waals surface area contributed by atoms with Gasteiger partial charge in [0.15, 0.2) is 0 Å².